The number of esters is 1. The Labute approximate surface area is 161 Å². The monoisotopic (exact) mass is 406 g/mol. The zero-order chi connectivity index (χ0) is 18.7. The number of rotatable bonds is 3. The molecule has 10 heteroatoms. The summed E-state index contributed by atoms with van der Waals surface area (Å²) in [5.41, 5.74) is -0.898. The van der Waals surface area contributed by atoms with E-state index in [9.17, 15) is 18.4 Å². The molecule has 27 heavy (non-hydrogen) atoms. The molecule has 1 spiro atoms. The smallest absolute Gasteiger partial charge is 0.325 e. The van der Waals surface area contributed by atoms with Gasteiger partial charge in [0.1, 0.15) is 23.7 Å². The molecule has 2 heterocycles. The Morgan fingerprint density at radius 2 is 1.85 bits per heavy atom. The van der Waals surface area contributed by atoms with Crippen LogP contribution in [-0.4, -0.2) is 68.9 Å². The number of hydrogen-bond donors (Lipinski definition) is 1. The fourth-order valence-electron chi connectivity index (χ4n) is 3.22. The van der Waals surface area contributed by atoms with Crippen molar-refractivity contribution < 1.29 is 32.6 Å². The lowest BCUT2D eigenvalue weighted by Crippen LogP contribution is -2.69. The molecule has 0 aromatic heterocycles. The predicted octanol–water partition coefficient (Wildman–Crippen LogP) is 0.818. The topological polar surface area (TPSA) is 77.1 Å². The molecule has 1 aromatic rings. The number of piperazine rings is 1. The van der Waals surface area contributed by atoms with Crippen molar-refractivity contribution in [2.75, 3.05) is 46.6 Å². The van der Waals surface area contributed by atoms with Gasteiger partial charge in [0.25, 0.3) is 0 Å². The third-order valence-electron chi connectivity index (χ3n) is 4.55. The molecule has 2 saturated heterocycles. The van der Waals surface area contributed by atoms with E-state index in [0.29, 0.717) is 13.2 Å². The van der Waals surface area contributed by atoms with Gasteiger partial charge >= 0.3 is 5.97 Å². The second-order valence-corrected chi connectivity index (χ2v) is 6.30. The predicted molar refractivity (Wildman–Crippen MR) is 92.4 cm³/mol. The average molecular weight is 407 g/mol. The molecule has 3 rings (SSSR count). The summed E-state index contributed by atoms with van der Waals surface area (Å²) in [6.45, 7) is 0.694. The van der Waals surface area contributed by atoms with Gasteiger partial charge in [0, 0.05) is 12.6 Å². The van der Waals surface area contributed by atoms with E-state index in [-0.39, 0.29) is 44.3 Å². The molecule has 2 aliphatic heterocycles. The van der Waals surface area contributed by atoms with Crippen LogP contribution < -0.4 is 5.32 Å². The lowest BCUT2D eigenvalue weighted by molar-refractivity contribution is -0.157. The highest BCUT2D eigenvalue weighted by atomic mass is 35.5. The van der Waals surface area contributed by atoms with Crippen LogP contribution in [0.15, 0.2) is 18.2 Å². The van der Waals surface area contributed by atoms with Gasteiger partial charge in [-0.3, -0.25) is 14.9 Å². The van der Waals surface area contributed by atoms with Gasteiger partial charge in [0.2, 0.25) is 5.91 Å². The van der Waals surface area contributed by atoms with Crippen LogP contribution in [0.25, 0.3) is 0 Å². The van der Waals surface area contributed by atoms with E-state index < -0.39 is 35.1 Å². The summed E-state index contributed by atoms with van der Waals surface area (Å²) in [4.78, 5) is 26.3. The lowest BCUT2D eigenvalue weighted by Gasteiger charge is -2.45. The Morgan fingerprint density at radius 1 is 1.26 bits per heavy atom. The van der Waals surface area contributed by atoms with Crippen molar-refractivity contribution in [3.05, 3.63) is 35.4 Å². The first-order valence-electron chi connectivity index (χ1n) is 8.19. The molecule has 2 aliphatic rings. The first-order chi connectivity index (χ1) is 12.4. The molecule has 0 saturated carbocycles. The molecule has 150 valence electrons. The summed E-state index contributed by atoms with van der Waals surface area (Å²) in [5.74, 6) is -2.59. The minimum atomic E-state index is -1.15. The van der Waals surface area contributed by atoms with Gasteiger partial charge in [-0.05, 0) is 17.7 Å². The van der Waals surface area contributed by atoms with Crippen molar-refractivity contribution in [3.63, 3.8) is 0 Å². The largest absolute Gasteiger partial charge is 0.468 e. The van der Waals surface area contributed by atoms with Gasteiger partial charge in [-0.1, -0.05) is 0 Å². The zero-order valence-electron chi connectivity index (χ0n) is 14.7. The molecular formula is C17H21ClF2N2O5. The second kappa shape index (κ2) is 8.92. The number of hydrogen-bond acceptors (Lipinski definition) is 6. The summed E-state index contributed by atoms with van der Waals surface area (Å²) >= 11 is 0. The first kappa shape index (κ1) is 21.5. The zero-order valence-corrected chi connectivity index (χ0v) is 15.5. The van der Waals surface area contributed by atoms with E-state index in [2.05, 4.69) is 10.1 Å². The van der Waals surface area contributed by atoms with E-state index in [4.69, 9.17) is 9.47 Å². The number of methoxy groups -OCH3 is 1. The molecule has 0 bridgehead atoms. The first-order valence-corrected chi connectivity index (χ1v) is 8.19. The molecular weight excluding hydrogens is 386 g/mol. The third-order valence-corrected chi connectivity index (χ3v) is 4.55. The minimum absolute atomic E-state index is 0. The summed E-state index contributed by atoms with van der Waals surface area (Å²) in [6.07, 6.45) is 0. The van der Waals surface area contributed by atoms with Crippen LogP contribution in [0.4, 0.5) is 8.78 Å². The van der Waals surface area contributed by atoms with E-state index in [1.807, 2.05) is 0 Å². The average Bonchev–Trinajstić information content (AvgIpc) is 2.84. The molecule has 1 N–H and O–H groups in total. The van der Waals surface area contributed by atoms with Crippen LogP contribution in [-0.2, 0) is 23.8 Å². The number of benzene rings is 1. The van der Waals surface area contributed by atoms with Crippen molar-refractivity contribution in [1.29, 1.82) is 0 Å². The summed E-state index contributed by atoms with van der Waals surface area (Å²) in [7, 11) is 1.21. The van der Waals surface area contributed by atoms with Crippen LogP contribution in [0, 0.1) is 11.6 Å². The Bertz CT molecular complexity index is 678. The maximum atomic E-state index is 13.6. The fraction of sp³-hybridized carbons (Fsp3) is 0.529. The van der Waals surface area contributed by atoms with Crippen LogP contribution in [0.2, 0.25) is 0 Å². The van der Waals surface area contributed by atoms with Crippen LogP contribution >= 0.6 is 12.4 Å². The van der Waals surface area contributed by atoms with Crippen molar-refractivity contribution in [2.45, 2.75) is 11.6 Å². The van der Waals surface area contributed by atoms with Gasteiger partial charge in [-0.2, -0.15) is 0 Å². The van der Waals surface area contributed by atoms with Gasteiger partial charge in [-0.15, -0.1) is 12.4 Å². The number of carbonyl (C=O) groups is 2. The number of nitrogens with zero attached hydrogens (tertiary/aromatic N) is 1. The highest BCUT2D eigenvalue weighted by Crippen LogP contribution is 2.30. The molecule has 1 atom stereocenters. The van der Waals surface area contributed by atoms with E-state index in [0.717, 1.165) is 18.2 Å². The molecule has 7 nitrogen and oxygen atoms in total. The van der Waals surface area contributed by atoms with E-state index >= 15 is 0 Å². The SMILES string of the molecule is COC(=O)CN1C(=O)C2(COCCOC2)NCC1c1cc(F)cc(F)c1.Cl. The number of ether oxygens (including phenoxy) is 3. The summed E-state index contributed by atoms with van der Waals surface area (Å²) in [5, 5.41) is 3.09. The van der Waals surface area contributed by atoms with Crippen LogP contribution in [0.3, 0.4) is 0 Å². The quantitative estimate of drug-likeness (QED) is 0.749. The van der Waals surface area contributed by atoms with Gasteiger partial charge in [0.15, 0.2) is 0 Å². The third kappa shape index (κ3) is 4.55. The number of halogens is 3. The van der Waals surface area contributed by atoms with Gasteiger partial charge in [-0.25, -0.2) is 8.78 Å². The second-order valence-electron chi connectivity index (χ2n) is 6.30. The maximum Gasteiger partial charge on any atom is 0.325 e. The minimum Gasteiger partial charge on any atom is -0.468 e. The van der Waals surface area contributed by atoms with E-state index in [1.165, 1.54) is 12.0 Å². The van der Waals surface area contributed by atoms with Crippen molar-refractivity contribution in [3.8, 4) is 0 Å². The van der Waals surface area contributed by atoms with E-state index in [1.54, 1.807) is 0 Å². The maximum absolute atomic E-state index is 13.6. The Kier molecular flexibility index (Phi) is 7.10. The number of nitrogens with one attached hydrogen (secondary N) is 1. The summed E-state index contributed by atoms with van der Waals surface area (Å²) < 4.78 is 42.8. The van der Waals surface area contributed by atoms with Crippen LogP contribution in [0.5, 0.6) is 0 Å². The normalized spacial score (nSPS) is 22.1. The van der Waals surface area contributed by atoms with Gasteiger partial charge < -0.3 is 19.1 Å². The fourth-order valence-corrected chi connectivity index (χ4v) is 3.22. The highest BCUT2D eigenvalue weighted by molar-refractivity contribution is 5.91. The highest BCUT2D eigenvalue weighted by Gasteiger charge is 2.49. The Hall–Kier alpha value is -1.81. The molecule has 2 fully saturated rings. The molecule has 1 amide bonds. The standard InChI is InChI=1S/C17H20F2N2O5.ClH/c1-24-15(22)8-21-14(11-4-12(18)6-13(19)5-11)7-20-17(16(21)23)9-25-2-3-26-10-17;/h4-6,14,20H,2-3,7-10H2,1H3;1H. The Balaban J connectivity index is 0.00000261. The van der Waals surface area contributed by atoms with Crippen molar-refractivity contribution in [2.24, 2.45) is 0 Å². The Morgan fingerprint density at radius 3 is 2.41 bits per heavy atom. The van der Waals surface area contributed by atoms with Crippen molar-refractivity contribution >= 4 is 24.3 Å². The number of carbonyl (C=O) groups excluding carboxylic acids is 2. The number of amides is 1. The molecule has 0 aliphatic carbocycles. The molecule has 1 aromatic carbocycles. The molecule has 0 radical (unpaired) electrons. The summed E-state index contributed by atoms with van der Waals surface area (Å²) in [6, 6.07) is 2.30. The van der Waals surface area contributed by atoms with Crippen LogP contribution in [0.1, 0.15) is 11.6 Å². The van der Waals surface area contributed by atoms with Crippen molar-refractivity contribution in [1.82, 2.24) is 10.2 Å². The lowest BCUT2D eigenvalue weighted by atomic mass is 9.91. The van der Waals surface area contributed by atoms with Gasteiger partial charge in [0.05, 0.1) is 39.6 Å². The molecule has 1 unspecified atom stereocenters.